The van der Waals surface area contributed by atoms with E-state index in [0.29, 0.717) is 5.41 Å². The number of likely N-dealkylation sites (tertiary alicyclic amines) is 1. The molecule has 1 heteroatoms. The fraction of sp³-hybridized carbons (Fsp3) is 0.714. The molecule has 0 amide bonds. The lowest BCUT2D eigenvalue weighted by Crippen LogP contribution is -2.37. The molecule has 2 atom stereocenters. The fourth-order valence-electron chi connectivity index (χ4n) is 3.66. The van der Waals surface area contributed by atoms with Crippen molar-refractivity contribution in [3.63, 3.8) is 0 Å². The van der Waals surface area contributed by atoms with Crippen molar-refractivity contribution >= 4 is 0 Å². The van der Waals surface area contributed by atoms with E-state index in [1.54, 1.807) is 0 Å². The molecule has 1 aliphatic rings. The molecular formula is C21H35N. The lowest BCUT2D eigenvalue weighted by atomic mass is 9.82. The molecule has 1 aromatic carbocycles. The van der Waals surface area contributed by atoms with Crippen molar-refractivity contribution in [1.82, 2.24) is 4.90 Å². The summed E-state index contributed by atoms with van der Waals surface area (Å²) in [6.45, 7) is 15.6. The maximum Gasteiger partial charge on any atom is 0.00103 e. The molecule has 1 heterocycles. The average Bonchev–Trinajstić information content (AvgIpc) is 2.47. The van der Waals surface area contributed by atoms with Crippen molar-refractivity contribution < 1.29 is 0 Å². The second-order valence-electron chi connectivity index (χ2n) is 8.25. The molecule has 0 spiro atoms. The summed E-state index contributed by atoms with van der Waals surface area (Å²) in [5.74, 6) is 1.63. The smallest absolute Gasteiger partial charge is 0.00103 e. The van der Waals surface area contributed by atoms with Crippen molar-refractivity contribution in [3.8, 4) is 0 Å². The first kappa shape index (κ1) is 17.5. The van der Waals surface area contributed by atoms with Crippen molar-refractivity contribution in [2.45, 2.75) is 65.7 Å². The van der Waals surface area contributed by atoms with Crippen molar-refractivity contribution in [2.75, 3.05) is 19.6 Å². The molecule has 0 N–H and O–H groups in total. The Hall–Kier alpha value is -0.820. The molecule has 124 valence electrons. The van der Waals surface area contributed by atoms with Gasteiger partial charge in [-0.2, -0.15) is 0 Å². The highest BCUT2D eigenvalue weighted by molar-refractivity contribution is 5.28. The first-order valence-electron chi connectivity index (χ1n) is 9.22. The quantitative estimate of drug-likeness (QED) is 0.690. The first-order chi connectivity index (χ1) is 10.4. The molecule has 0 saturated carbocycles. The highest BCUT2D eigenvalue weighted by atomic mass is 15.1. The zero-order valence-electron chi connectivity index (χ0n) is 15.4. The average molecular weight is 302 g/mol. The fourth-order valence-corrected chi connectivity index (χ4v) is 3.66. The molecule has 0 bridgehead atoms. The van der Waals surface area contributed by atoms with Crippen LogP contribution >= 0.6 is 0 Å². The van der Waals surface area contributed by atoms with Crippen LogP contribution in [0.1, 0.15) is 65.0 Å². The summed E-state index contributed by atoms with van der Waals surface area (Å²) in [5.41, 5.74) is 3.26. The number of nitrogens with zero attached hydrogens (tertiary/aromatic N) is 1. The summed E-state index contributed by atoms with van der Waals surface area (Å²) in [6.07, 6.45) is 5.20. The minimum Gasteiger partial charge on any atom is -0.303 e. The van der Waals surface area contributed by atoms with Gasteiger partial charge >= 0.3 is 0 Å². The lowest BCUT2D eigenvalue weighted by molar-refractivity contribution is 0.162. The van der Waals surface area contributed by atoms with Crippen LogP contribution in [0.4, 0.5) is 0 Å². The van der Waals surface area contributed by atoms with E-state index in [1.165, 1.54) is 56.4 Å². The van der Waals surface area contributed by atoms with Gasteiger partial charge in [0.1, 0.15) is 0 Å². The molecular weight excluding hydrogens is 266 g/mol. The molecule has 2 rings (SSSR count). The lowest BCUT2D eigenvalue weighted by Gasteiger charge is -2.32. The Morgan fingerprint density at radius 1 is 1.23 bits per heavy atom. The van der Waals surface area contributed by atoms with E-state index >= 15 is 0 Å². The van der Waals surface area contributed by atoms with Crippen LogP contribution < -0.4 is 0 Å². The van der Waals surface area contributed by atoms with Gasteiger partial charge in [0.15, 0.2) is 0 Å². The summed E-state index contributed by atoms with van der Waals surface area (Å²) in [5, 5.41) is 0. The normalized spacial score (nSPS) is 21.8. The Morgan fingerprint density at radius 3 is 2.50 bits per heavy atom. The molecule has 1 saturated heterocycles. The molecule has 0 aliphatic carbocycles. The zero-order valence-corrected chi connectivity index (χ0v) is 15.4. The van der Waals surface area contributed by atoms with Crippen LogP contribution in [0.25, 0.3) is 0 Å². The molecule has 1 fully saturated rings. The number of benzene rings is 1. The minimum atomic E-state index is 0.300. The Labute approximate surface area is 138 Å². The molecule has 0 radical (unpaired) electrons. The van der Waals surface area contributed by atoms with Crippen molar-refractivity contribution in [1.29, 1.82) is 0 Å². The summed E-state index contributed by atoms with van der Waals surface area (Å²) >= 11 is 0. The van der Waals surface area contributed by atoms with Gasteiger partial charge in [0.25, 0.3) is 0 Å². The van der Waals surface area contributed by atoms with Crippen LogP contribution in [0.5, 0.6) is 0 Å². The zero-order chi connectivity index (χ0) is 16.2. The van der Waals surface area contributed by atoms with Crippen molar-refractivity contribution in [2.24, 2.45) is 11.8 Å². The standard InChI is InChI=1S/C21H35N/c1-6-21(4,5)20-11-9-19(10-12-20)14-18(3)16-22-13-7-8-17(2)15-22/h9-12,17-18H,6-8,13-16H2,1-5H3. The second-order valence-corrected chi connectivity index (χ2v) is 8.25. The van der Waals surface area contributed by atoms with Gasteiger partial charge in [-0.25, -0.2) is 0 Å². The molecule has 2 unspecified atom stereocenters. The van der Waals surface area contributed by atoms with Gasteiger partial charge in [-0.05, 0) is 60.6 Å². The monoisotopic (exact) mass is 301 g/mol. The molecule has 1 nitrogen and oxygen atoms in total. The predicted molar refractivity (Wildman–Crippen MR) is 97.5 cm³/mol. The third-order valence-electron chi connectivity index (χ3n) is 5.51. The SMILES string of the molecule is CCC(C)(C)c1ccc(CC(C)CN2CCCC(C)C2)cc1. The van der Waals surface area contributed by atoms with Gasteiger partial charge in [-0.3, -0.25) is 0 Å². The van der Waals surface area contributed by atoms with E-state index < -0.39 is 0 Å². The van der Waals surface area contributed by atoms with Crippen LogP contribution in [0.15, 0.2) is 24.3 Å². The highest BCUT2D eigenvalue weighted by Gasteiger charge is 2.19. The predicted octanol–water partition coefficient (Wildman–Crippen LogP) is 5.28. The van der Waals surface area contributed by atoms with Crippen LogP contribution in [-0.4, -0.2) is 24.5 Å². The number of hydrogen-bond donors (Lipinski definition) is 0. The van der Waals surface area contributed by atoms with Crippen LogP contribution in [0.3, 0.4) is 0 Å². The summed E-state index contributed by atoms with van der Waals surface area (Å²) in [4.78, 5) is 2.67. The molecule has 0 aromatic heterocycles. The van der Waals surface area contributed by atoms with Gasteiger partial charge in [-0.15, -0.1) is 0 Å². The summed E-state index contributed by atoms with van der Waals surface area (Å²) in [6, 6.07) is 9.38. The Balaban J connectivity index is 1.87. The molecule has 1 aliphatic heterocycles. The summed E-state index contributed by atoms with van der Waals surface area (Å²) < 4.78 is 0. The van der Waals surface area contributed by atoms with E-state index in [2.05, 4.69) is 63.8 Å². The van der Waals surface area contributed by atoms with E-state index in [9.17, 15) is 0 Å². The third-order valence-corrected chi connectivity index (χ3v) is 5.51. The maximum absolute atomic E-state index is 2.67. The summed E-state index contributed by atoms with van der Waals surface area (Å²) in [7, 11) is 0. The van der Waals surface area contributed by atoms with Gasteiger partial charge in [0.2, 0.25) is 0 Å². The van der Waals surface area contributed by atoms with Crippen LogP contribution in [0.2, 0.25) is 0 Å². The highest BCUT2D eigenvalue weighted by Crippen LogP contribution is 2.27. The van der Waals surface area contributed by atoms with E-state index in [0.717, 1.165) is 11.8 Å². The first-order valence-corrected chi connectivity index (χ1v) is 9.22. The van der Waals surface area contributed by atoms with Crippen molar-refractivity contribution in [3.05, 3.63) is 35.4 Å². The van der Waals surface area contributed by atoms with Gasteiger partial charge in [-0.1, -0.05) is 58.9 Å². The maximum atomic E-state index is 2.67. The van der Waals surface area contributed by atoms with E-state index in [1.807, 2.05) is 0 Å². The Morgan fingerprint density at radius 2 is 1.91 bits per heavy atom. The van der Waals surface area contributed by atoms with Gasteiger partial charge in [0, 0.05) is 13.1 Å². The van der Waals surface area contributed by atoms with Crippen LogP contribution in [-0.2, 0) is 11.8 Å². The number of hydrogen-bond acceptors (Lipinski definition) is 1. The van der Waals surface area contributed by atoms with Gasteiger partial charge < -0.3 is 4.90 Å². The third kappa shape index (κ3) is 4.84. The van der Waals surface area contributed by atoms with Gasteiger partial charge in [0.05, 0.1) is 0 Å². The Kier molecular flexibility index (Phi) is 6.09. The largest absolute Gasteiger partial charge is 0.303 e. The number of piperidine rings is 1. The topological polar surface area (TPSA) is 3.24 Å². The minimum absolute atomic E-state index is 0.300. The van der Waals surface area contributed by atoms with Crippen LogP contribution in [0, 0.1) is 11.8 Å². The molecule has 22 heavy (non-hydrogen) atoms. The second kappa shape index (κ2) is 7.64. The molecule has 1 aromatic rings. The van der Waals surface area contributed by atoms with E-state index in [-0.39, 0.29) is 0 Å². The number of rotatable bonds is 6. The Bertz CT molecular complexity index is 445. The van der Waals surface area contributed by atoms with E-state index in [4.69, 9.17) is 0 Å².